The highest BCUT2D eigenvalue weighted by molar-refractivity contribution is 7.92. The highest BCUT2D eigenvalue weighted by atomic mass is 32.2. The van der Waals surface area contributed by atoms with E-state index in [2.05, 4.69) is 5.32 Å². The Morgan fingerprint density at radius 3 is 2.36 bits per heavy atom. The van der Waals surface area contributed by atoms with Crippen molar-refractivity contribution >= 4 is 27.5 Å². The lowest BCUT2D eigenvalue weighted by molar-refractivity contribution is -0.139. The normalized spacial score (nSPS) is 11.9. The molecule has 208 valence electrons. The zero-order valence-corrected chi connectivity index (χ0v) is 23.2. The van der Waals surface area contributed by atoms with Gasteiger partial charge in [0, 0.05) is 24.7 Å². The minimum atomic E-state index is -4.20. The topological polar surface area (TPSA) is 96.0 Å². The second kappa shape index (κ2) is 13.7. The SMILES string of the molecule is CCCCNC(=O)[C@H](C)N(Cc1ccccc1F)C(=O)CN(c1cccc(OC)c1)S(=O)(=O)c1ccccc1. The van der Waals surface area contributed by atoms with Crippen molar-refractivity contribution in [3.05, 3.63) is 90.2 Å². The van der Waals surface area contributed by atoms with Crippen molar-refractivity contribution in [2.24, 2.45) is 0 Å². The molecule has 2 amide bonds. The van der Waals surface area contributed by atoms with E-state index in [4.69, 9.17) is 4.74 Å². The molecule has 0 saturated carbocycles. The molecule has 3 aromatic rings. The predicted octanol–water partition coefficient (Wildman–Crippen LogP) is 4.36. The molecule has 39 heavy (non-hydrogen) atoms. The molecule has 8 nitrogen and oxygen atoms in total. The van der Waals surface area contributed by atoms with Crippen molar-refractivity contribution in [1.29, 1.82) is 0 Å². The molecular formula is C29H34FN3O5S. The molecule has 0 fully saturated rings. The van der Waals surface area contributed by atoms with Crippen LogP contribution in [-0.2, 0) is 26.2 Å². The Hall–Kier alpha value is -3.92. The summed E-state index contributed by atoms with van der Waals surface area (Å²) in [6.07, 6.45) is 1.64. The maximum atomic E-state index is 14.6. The Balaban J connectivity index is 2.02. The van der Waals surface area contributed by atoms with Gasteiger partial charge in [0.25, 0.3) is 10.0 Å². The Kier molecular flexibility index (Phi) is 10.4. The smallest absolute Gasteiger partial charge is 0.264 e. The zero-order valence-electron chi connectivity index (χ0n) is 22.3. The minimum absolute atomic E-state index is 0.00775. The lowest BCUT2D eigenvalue weighted by Gasteiger charge is -2.32. The van der Waals surface area contributed by atoms with Gasteiger partial charge < -0.3 is 15.0 Å². The molecular weight excluding hydrogens is 521 g/mol. The molecule has 0 bridgehead atoms. The summed E-state index contributed by atoms with van der Waals surface area (Å²) >= 11 is 0. The van der Waals surface area contributed by atoms with Gasteiger partial charge in [0.15, 0.2) is 0 Å². The average molecular weight is 556 g/mol. The highest BCUT2D eigenvalue weighted by Crippen LogP contribution is 2.27. The van der Waals surface area contributed by atoms with Crippen LogP contribution < -0.4 is 14.4 Å². The molecule has 0 unspecified atom stereocenters. The number of rotatable bonds is 13. The maximum absolute atomic E-state index is 14.6. The fraction of sp³-hybridized carbons (Fsp3) is 0.310. The van der Waals surface area contributed by atoms with Gasteiger partial charge in [0.2, 0.25) is 11.8 Å². The van der Waals surface area contributed by atoms with Crippen LogP contribution in [0.3, 0.4) is 0 Å². The second-order valence-corrected chi connectivity index (χ2v) is 10.8. The first-order valence-electron chi connectivity index (χ1n) is 12.7. The van der Waals surface area contributed by atoms with Crippen LogP contribution in [0.5, 0.6) is 5.75 Å². The van der Waals surface area contributed by atoms with E-state index >= 15 is 0 Å². The Morgan fingerprint density at radius 1 is 1.00 bits per heavy atom. The van der Waals surface area contributed by atoms with E-state index < -0.39 is 40.2 Å². The first kappa shape index (κ1) is 29.6. The third-order valence-electron chi connectivity index (χ3n) is 6.25. The van der Waals surface area contributed by atoms with Gasteiger partial charge in [-0.1, -0.05) is 55.8 Å². The van der Waals surface area contributed by atoms with E-state index in [1.807, 2.05) is 6.92 Å². The van der Waals surface area contributed by atoms with Crippen LogP contribution in [0.4, 0.5) is 10.1 Å². The summed E-state index contributed by atoms with van der Waals surface area (Å²) in [6, 6.07) is 19.1. The fourth-order valence-corrected chi connectivity index (χ4v) is 5.37. The van der Waals surface area contributed by atoms with Gasteiger partial charge in [0.1, 0.15) is 24.2 Å². The van der Waals surface area contributed by atoms with Crippen molar-refractivity contribution in [2.45, 2.75) is 44.2 Å². The molecule has 0 aliphatic heterocycles. The number of carbonyl (C=O) groups excluding carboxylic acids is 2. The number of anilines is 1. The minimum Gasteiger partial charge on any atom is -0.497 e. The van der Waals surface area contributed by atoms with E-state index in [1.165, 1.54) is 48.4 Å². The molecule has 0 aliphatic rings. The number of hydrogen-bond donors (Lipinski definition) is 1. The lowest BCUT2D eigenvalue weighted by Crippen LogP contribution is -2.51. The molecule has 0 aliphatic carbocycles. The molecule has 0 aromatic heterocycles. The van der Waals surface area contributed by atoms with Crippen LogP contribution in [0.25, 0.3) is 0 Å². The first-order chi connectivity index (χ1) is 18.7. The summed E-state index contributed by atoms with van der Waals surface area (Å²) in [5.41, 5.74) is 0.412. The van der Waals surface area contributed by atoms with E-state index in [9.17, 15) is 22.4 Å². The van der Waals surface area contributed by atoms with E-state index in [-0.39, 0.29) is 22.7 Å². The molecule has 3 aromatic carbocycles. The van der Waals surface area contributed by atoms with Crippen LogP contribution in [0, 0.1) is 5.82 Å². The van der Waals surface area contributed by atoms with E-state index in [0.717, 1.165) is 17.1 Å². The number of carbonyl (C=O) groups is 2. The number of ether oxygens (including phenoxy) is 1. The maximum Gasteiger partial charge on any atom is 0.264 e. The summed E-state index contributed by atoms with van der Waals surface area (Å²) < 4.78 is 48.3. The molecule has 10 heteroatoms. The number of methoxy groups -OCH3 is 1. The van der Waals surface area contributed by atoms with E-state index in [0.29, 0.717) is 12.3 Å². The van der Waals surface area contributed by atoms with Crippen LogP contribution in [0.1, 0.15) is 32.3 Å². The van der Waals surface area contributed by atoms with Crippen molar-refractivity contribution in [3.8, 4) is 5.75 Å². The molecule has 3 rings (SSSR count). The summed E-state index contributed by atoms with van der Waals surface area (Å²) in [6.45, 7) is 3.13. The summed E-state index contributed by atoms with van der Waals surface area (Å²) in [4.78, 5) is 28.0. The molecule has 1 N–H and O–H groups in total. The number of unbranched alkanes of at least 4 members (excludes halogenated alkanes) is 1. The largest absolute Gasteiger partial charge is 0.497 e. The monoisotopic (exact) mass is 555 g/mol. The van der Waals surface area contributed by atoms with Crippen molar-refractivity contribution in [1.82, 2.24) is 10.2 Å². The Bertz CT molecular complexity index is 1370. The molecule has 0 radical (unpaired) electrons. The fourth-order valence-electron chi connectivity index (χ4n) is 3.94. The molecule has 0 spiro atoms. The van der Waals surface area contributed by atoms with Gasteiger partial charge in [-0.25, -0.2) is 12.8 Å². The van der Waals surface area contributed by atoms with Gasteiger partial charge >= 0.3 is 0 Å². The summed E-state index contributed by atoms with van der Waals surface area (Å²) in [5, 5.41) is 2.80. The van der Waals surface area contributed by atoms with Gasteiger partial charge in [-0.05, 0) is 43.7 Å². The van der Waals surface area contributed by atoms with Gasteiger partial charge in [0.05, 0.1) is 17.7 Å². The number of amides is 2. The quantitative estimate of drug-likeness (QED) is 0.316. The number of nitrogens with zero attached hydrogens (tertiary/aromatic N) is 2. The molecule has 0 heterocycles. The number of halogens is 1. The summed E-state index contributed by atoms with van der Waals surface area (Å²) in [7, 11) is -2.74. The Morgan fingerprint density at radius 2 is 1.69 bits per heavy atom. The number of benzene rings is 3. The predicted molar refractivity (Wildman–Crippen MR) is 148 cm³/mol. The number of sulfonamides is 1. The number of hydrogen-bond acceptors (Lipinski definition) is 5. The average Bonchev–Trinajstić information content (AvgIpc) is 2.95. The first-order valence-corrected chi connectivity index (χ1v) is 14.2. The third-order valence-corrected chi connectivity index (χ3v) is 8.03. The van der Waals surface area contributed by atoms with Crippen LogP contribution in [0.2, 0.25) is 0 Å². The van der Waals surface area contributed by atoms with Crippen LogP contribution in [0.15, 0.2) is 83.8 Å². The third kappa shape index (κ3) is 7.57. The molecule has 0 saturated heterocycles. The standard InChI is InChI=1S/C29H34FN3O5S/c1-4-5-18-31-29(35)22(2)32(20-23-12-9-10-17-27(23)30)28(34)21-33(24-13-11-14-25(19-24)38-3)39(36,37)26-15-7-6-8-16-26/h6-17,19,22H,4-5,18,20-21H2,1-3H3,(H,31,35)/t22-/m0/s1. The lowest BCUT2D eigenvalue weighted by atomic mass is 10.1. The van der Waals surface area contributed by atoms with Crippen LogP contribution in [-0.4, -0.2) is 51.4 Å². The Labute approximate surface area is 229 Å². The second-order valence-electron chi connectivity index (χ2n) is 8.96. The van der Waals surface area contributed by atoms with Crippen molar-refractivity contribution < 1.29 is 27.1 Å². The van der Waals surface area contributed by atoms with Gasteiger partial charge in [-0.3, -0.25) is 13.9 Å². The zero-order chi connectivity index (χ0) is 28.4. The molecule has 1 atom stereocenters. The van der Waals surface area contributed by atoms with E-state index in [1.54, 1.807) is 49.4 Å². The van der Waals surface area contributed by atoms with Crippen molar-refractivity contribution in [3.63, 3.8) is 0 Å². The van der Waals surface area contributed by atoms with Crippen molar-refractivity contribution in [2.75, 3.05) is 24.5 Å². The highest BCUT2D eigenvalue weighted by Gasteiger charge is 2.33. The van der Waals surface area contributed by atoms with Crippen LogP contribution >= 0.6 is 0 Å². The van der Waals surface area contributed by atoms with Gasteiger partial charge in [-0.2, -0.15) is 0 Å². The van der Waals surface area contributed by atoms with Gasteiger partial charge in [-0.15, -0.1) is 0 Å². The number of nitrogens with one attached hydrogen (secondary N) is 1. The summed E-state index contributed by atoms with van der Waals surface area (Å²) in [5.74, 6) is -1.21.